The molecule has 16 heavy (non-hydrogen) atoms. The van der Waals surface area contributed by atoms with Gasteiger partial charge in [0, 0.05) is 19.1 Å². The van der Waals surface area contributed by atoms with E-state index in [1.165, 1.54) is 11.3 Å². The Morgan fingerprint density at radius 1 is 1.44 bits per heavy atom. The second-order valence-electron chi connectivity index (χ2n) is 4.34. The number of hydrogen-bond donors (Lipinski definition) is 1. The Morgan fingerprint density at radius 3 is 2.56 bits per heavy atom. The predicted octanol–water partition coefficient (Wildman–Crippen LogP) is 2.44. The zero-order valence-electron chi connectivity index (χ0n) is 10.4. The summed E-state index contributed by atoms with van der Waals surface area (Å²) < 4.78 is 0. The van der Waals surface area contributed by atoms with Crippen LogP contribution in [0.25, 0.3) is 0 Å². The zero-order valence-corrected chi connectivity index (χ0v) is 11.3. The highest BCUT2D eigenvalue weighted by molar-refractivity contribution is 7.17. The normalized spacial score (nSPS) is 10.9. The molecule has 1 aromatic heterocycles. The van der Waals surface area contributed by atoms with Crippen LogP contribution >= 0.6 is 11.3 Å². The first-order valence-electron chi connectivity index (χ1n) is 5.41. The minimum Gasteiger partial charge on any atom is -0.373 e. The van der Waals surface area contributed by atoms with Gasteiger partial charge < -0.3 is 10.2 Å². The number of rotatable bonds is 4. The molecule has 0 bridgehead atoms. The van der Waals surface area contributed by atoms with Crippen molar-refractivity contribution in [2.75, 3.05) is 12.4 Å². The lowest BCUT2D eigenvalue weighted by atomic mass is 10.3. The SMILES string of the molecule is CC(C)Nc1cnc(C(=O)N(C)C(C)C)s1. The highest BCUT2D eigenvalue weighted by Gasteiger charge is 2.17. The van der Waals surface area contributed by atoms with Crippen LogP contribution in [0.4, 0.5) is 5.00 Å². The summed E-state index contributed by atoms with van der Waals surface area (Å²) in [5.41, 5.74) is 0. The molecule has 0 radical (unpaired) electrons. The van der Waals surface area contributed by atoms with Crippen molar-refractivity contribution in [2.24, 2.45) is 0 Å². The van der Waals surface area contributed by atoms with Gasteiger partial charge in [0.15, 0.2) is 5.01 Å². The van der Waals surface area contributed by atoms with Crippen LogP contribution in [-0.4, -0.2) is 34.9 Å². The fraction of sp³-hybridized carbons (Fsp3) is 0.636. The van der Waals surface area contributed by atoms with E-state index >= 15 is 0 Å². The Hall–Kier alpha value is -1.10. The van der Waals surface area contributed by atoms with Gasteiger partial charge in [0.25, 0.3) is 5.91 Å². The molecule has 1 amide bonds. The smallest absolute Gasteiger partial charge is 0.282 e. The second-order valence-corrected chi connectivity index (χ2v) is 5.37. The molecule has 5 heteroatoms. The number of aromatic nitrogens is 1. The van der Waals surface area contributed by atoms with E-state index in [2.05, 4.69) is 24.1 Å². The maximum Gasteiger partial charge on any atom is 0.282 e. The number of nitrogens with one attached hydrogen (secondary N) is 1. The molecular formula is C11H19N3OS. The molecule has 0 unspecified atom stereocenters. The van der Waals surface area contributed by atoms with Gasteiger partial charge in [-0.2, -0.15) is 0 Å². The number of nitrogens with zero attached hydrogens (tertiary/aromatic N) is 2. The van der Waals surface area contributed by atoms with E-state index in [4.69, 9.17) is 0 Å². The van der Waals surface area contributed by atoms with Gasteiger partial charge in [-0.25, -0.2) is 4.98 Å². The molecule has 1 aromatic rings. The average molecular weight is 241 g/mol. The number of carbonyl (C=O) groups excluding carboxylic acids is 1. The maximum atomic E-state index is 11.9. The van der Waals surface area contributed by atoms with Gasteiger partial charge in [0.2, 0.25) is 0 Å². The van der Waals surface area contributed by atoms with Crippen molar-refractivity contribution in [3.8, 4) is 0 Å². The number of carbonyl (C=O) groups is 1. The quantitative estimate of drug-likeness (QED) is 0.880. The first-order chi connectivity index (χ1) is 7.41. The number of anilines is 1. The van der Waals surface area contributed by atoms with Crippen molar-refractivity contribution in [2.45, 2.75) is 39.8 Å². The number of thiazole rings is 1. The zero-order chi connectivity index (χ0) is 12.3. The van der Waals surface area contributed by atoms with Gasteiger partial charge in [-0.05, 0) is 27.7 Å². The molecular weight excluding hydrogens is 222 g/mol. The van der Waals surface area contributed by atoms with Crippen LogP contribution in [0.3, 0.4) is 0 Å². The topological polar surface area (TPSA) is 45.2 Å². The summed E-state index contributed by atoms with van der Waals surface area (Å²) in [5, 5.41) is 4.71. The molecule has 0 aromatic carbocycles. The fourth-order valence-electron chi connectivity index (χ4n) is 1.11. The molecule has 0 aliphatic rings. The van der Waals surface area contributed by atoms with Gasteiger partial charge in [-0.3, -0.25) is 4.79 Å². The van der Waals surface area contributed by atoms with Crippen molar-refractivity contribution in [1.82, 2.24) is 9.88 Å². The maximum absolute atomic E-state index is 11.9. The van der Waals surface area contributed by atoms with E-state index in [0.717, 1.165) is 5.00 Å². The van der Waals surface area contributed by atoms with Crippen LogP contribution in [0.15, 0.2) is 6.20 Å². The monoisotopic (exact) mass is 241 g/mol. The van der Waals surface area contributed by atoms with Crippen LogP contribution in [0.5, 0.6) is 0 Å². The molecule has 1 heterocycles. The third-order valence-electron chi connectivity index (χ3n) is 2.21. The lowest BCUT2D eigenvalue weighted by Crippen LogP contribution is -2.32. The lowest BCUT2D eigenvalue weighted by molar-refractivity contribution is 0.0754. The molecule has 0 aliphatic heterocycles. The lowest BCUT2D eigenvalue weighted by Gasteiger charge is -2.19. The molecule has 4 nitrogen and oxygen atoms in total. The summed E-state index contributed by atoms with van der Waals surface area (Å²) in [7, 11) is 1.80. The van der Waals surface area contributed by atoms with Gasteiger partial charge in [-0.1, -0.05) is 11.3 Å². The molecule has 0 spiro atoms. The van der Waals surface area contributed by atoms with Gasteiger partial charge in [0.1, 0.15) is 5.00 Å². The molecule has 0 atom stereocenters. The Labute approximate surface area is 101 Å². The van der Waals surface area contributed by atoms with E-state index in [0.29, 0.717) is 11.0 Å². The van der Waals surface area contributed by atoms with Crippen LogP contribution in [0.2, 0.25) is 0 Å². The van der Waals surface area contributed by atoms with Crippen LogP contribution in [0.1, 0.15) is 37.5 Å². The summed E-state index contributed by atoms with van der Waals surface area (Å²) in [6.45, 7) is 8.08. The van der Waals surface area contributed by atoms with Gasteiger partial charge in [-0.15, -0.1) is 0 Å². The van der Waals surface area contributed by atoms with Gasteiger partial charge >= 0.3 is 0 Å². The van der Waals surface area contributed by atoms with E-state index < -0.39 is 0 Å². The average Bonchev–Trinajstić information content (AvgIpc) is 2.62. The molecule has 0 fully saturated rings. The van der Waals surface area contributed by atoms with Crippen molar-refractivity contribution in [3.05, 3.63) is 11.2 Å². The van der Waals surface area contributed by atoms with E-state index in [1.54, 1.807) is 18.1 Å². The minimum absolute atomic E-state index is 0.0168. The standard InChI is InChI=1S/C11H19N3OS/c1-7(2)13-9-6-12-10(16-9)11(15)14(5)8(3)4/h6-8,13H,1-5H3. The Bertz CT molecular complexity index is 360. The molecule has 1 rings (SSSR count). The summed E-state index contributed by atoms with van der Waals surface area (Å²) >= 11 is 1.40. The van der Waals surface area contributed by atoms with Crippen LogP contribution < -0.4 is 5.32 Å². The Balaban J connectivity index is 2.74. The fourth-order valence-corrected chi connectivity index (χ4v) is 2.05. The summed E-state index contributed by atoms with van der Waals surface area (Å²) in [4.78, 5) is 17.8. The summed E-state index contributed by atoms with van der Waals surface area (Å²) in [6.07, 6.45) is 1.71. The Kier molecular flexibility index (Phi) is 4.29. The van der Waals surface area contributed by atoms with E-state index in [1.807, 2.05) is 13.8 Å². The summed E-state index contributed by atoms with van der Waals surface area (Å²) in [6, 6.07) is 0.545. The molecule has 0 saturated heterocycles. The van der Waals surface area contributed by atoms with Crippen molar-refractivity contribution < 1.29 is 4.79 Å². The van der Waals surface area contributed by atoms with Crippen molar-refractivity contribution in [1.29, 1.82) is 0 Å². The van der Waals surface area contributed by atoms with Gasteiger partial charge in [0.05, 0.1) is 6.20 Å². The predicted molar refractivity (Wildman–Crippen MR) is 68.1 cm³/mol. The third kappa shape index (κ3) is 3.20. The minimum atomic E-state index is -0.0168. The summed E-state index contributed by atoms with van der Waals surface area (Å²) in [5.74, 6) is -0.0168. The van der Waals surface area contributed by atoms with E-state index in [9.17, 15) is 4.79 Å². The van der Waals surface area contributed by atoms with E-state index in [-0.39, 0.29) is 11.9 Å². The number of amides is 1. The third-order valence-corrected chi connectivity index (χ3v) is 3.13. The largest absolute Gasteiger partial charge is 0.373 e. The molecule has 1 N–H and O–H groups in total. The number of hydrogen-bond acceptors (Lipinski definition) is 4. The second kappa shape index (κ2) is 5.30. The van der Waals surface area contributed by atoms with Crippen LogP contribution in [0, 0.1) is 0 Å². The highest BCUT2D eigenvalue weighted by Crippen LogP contribution is 2.21. The molecule has 0 saturated carbocycles. The van der Waals surface area contributed by atoms with Crippen molar-refractivity contribution >= 4 is 22.2 Å². The Morgan fingerprint density at radius 2 is 2.06 bits per heavy atom. The first kappa shape index (κ1) is 13.0. The highest BCUT2D eigenvalue weighted by atomic mass is 32.1. The molecule has 0 aliphatic carbocycles. The first-order valence-corrected chi connectivity index (χ1v) is 6.23. The van der Waals surface area contributed by atoms with Crippen LogP contribution in [-0.2, 0) is 0 Å². The van der Waals surface area contributed by atoms with Crippen molar-refractivity contribution in [3.63, 3.8) is 0 Å². The molecule has 90 valence electrons.